The largest absolute Gasteiger partial charge is 0.462 e. The zero-order valence-electron chi connectivity index (χ0n) is 13.8. The van der Waals surface area contributed by atoms with Gasteiger partial charge in [-0.05, 0) is 43.3 Å². The van der Waals surface area contributed by atoms with Crippen molar-refractivity contribution in [3.63, 3.8) is 0 Å². The van der Waals surface area contributed by atoms with Crippen molar-refractivity contribution in [1.29, 1.82) is 0 Å². The van der Waals surface area contributed by atoms with Crippen molar-refractivity contribution in [1.82, 2.24) is 19.2 Å². The molecule has 8 heteroatoms. The first kappa shape index (κ1) is 15.8. The Bertz CT molecular complexity index is 1250. The smallest absolute Gasteiger partial charge is 0.359 e. The molecule has 2 aromatic carbocycles. The Morgan fingerprint density at radius 3 is 2.58 bits per heavy atom. The summed E-state index contributed by atoms with van der Waals surface area (Å²) in [6.07, 6.45) is 0. The monoisotopic (exact) mass is 350 g/mol. The zero-order valence-corrected chi connectivity index (χ0v) is 13.8. The SMILES string of the molecule is CCOC(=O)c1ccc(-n2nc3c4ccccc4[nH]c(=O)n3c2=O)cc1. The summed E-state index contributed by atoms with van der Waals surface area (Å²) in [6, 6.07) is 13.4. The van der Waals surface area contributed by atoms with Crippen LogP contribution in [0.3, 0.4) is 0 Å². The molecule has 130 valence electrons. The second-order valence-electron chi connectivity index (χ2n) is 5.60. The molecule has 0 aliphatic rings. The second kappa shape index (κ2) is 5.99. The number of rotatable bonds is 3. The number of aromatic nitrogens is 4. The molecule has 8 nitrogen and oxygen atoms in total. The third-order valence-electron chi connectivity index (χ3n) is 4.01. The quantitative estimate of drug-likeness (QED) is 0.565. The van der Waals surface area contributed by atoms with E-state index in [-0.39, 0.29) is 12.3 Å². The van der Waals surface area contributed by atoms with E-state index in [4.69, 9.17) is 4.74 Å². The molecule has 26 heavy (non-hydrogen) atoms. The predicted molar refractivity (Wildman–Crippen MR) is 94.9 cm³/mol. The Morgan fingerprint density at radius 1 is 1.12 bits per heavy atom. The summed E-state index contributed by atoms with van der Waals surface area (Å²) in [7, 11) is 0. The molecule has 2 aromatic heterocycles. The number of esters is 1. The summed E-state index contributed by atoms with van der Waals surface area (Å²) >= 11 is 0. The Kier molecular flexibility index (Phi) is 3.65. The molecular formula is C18H14N4O4. The van der Waals surface area contributed by atoms with Gasteiger partial charge in [0.15, 0.2) is 5.65 Å². The minimum absolute atomic E-state index is 0.267. The fraction of sp³-hybridized carbons (Fsp3) is 0.111. The number of carbonyl (C=O) groups is 1. The van der Waals surface area contributed by atoms with Crippen molar-refractivity contribution in [2.75, 3.05) is 6.61 Å². The lowest BCUT2D eigenvalue weighted by atomic mass is 10.2. The van der Waals surface area contributed by atoms with E-state index < -0.39 is 17.3 Å². The van der Waals surface area contributed by atoms with Crippen molar-refractivity contribution >= 4 is 22.5 Å². The second-order valence-corrected chi connectivity index (χ2v) is 5.60. The summed E-state index contributed by atoms with van der Waals surface area (Å²) in [5.41, 5.74) is 0.531. The van der Waals surface area contributed by atoms with Gasteiger partial charge in [-0.2, -0.15) is 9.08 Å². The van der Waals surface area contributed by atoms with Gasteiger partial charge in [0.25, 0.3) is 0 Å². The van der Waals surface area contributed by atoms with Gasteiger partial charge in [0.1, 0.15) is 0 Å². The molecule has 2 heterocycles. The molecule has 0 amide bonds. The highest BCUT2D eigenvalue weighted by Crippen LogP contribution is 2.14. The van der Waals surface area contributed by atoms with Gasteiger partial charge >= 0.3 is 17.3 Å². The van der Waals surface area contributed by atoms with Gasteiger partial charge in [-0.3, -0.25) is 0 Å². The highest BCUT2D eigenvalue weighted by atomic mass is 16.5. The number of ether oxygens (including phenoxy) is 1. The van der Waals surface area contributed by atoms with E-state index in [1.54, 1.807) is 55.5 Å². The lowest BCUT2D eigenvalue weighted by molar-refractivity contribution is 0.0526. The standard InChI is InChI=1S/C18H14N4O4/c1-2-26-16(23)11-7-9-12(10-8-11)22-18(25)21-15(20-22)13-5-3-4-6-14(13)19-17(21)24/h3-10H,2H2,1H3,(H,19,24). The Labute approximate surface area is 146 Å². The molecule has 0 saturated carbocycles. The van der Waals surface area contributed by atoms with E-state index >= 15 is 0 Å². The van der Waals surface area contributed by atoms with E-state index in [9.17, 15) is 14.4 Å². The molecule has 0 fully saturated rings. The summed E-state index contributed by atoms with van der Waals surface area (Å²) in [5, 5.41) is 4.97. The highest BCUT2D eigenvalue weighted by molar-refractivity contribution is 5.91. The summed E-state index contributed by atoms with van der Waals surface area (Å²) in [6.45, 7) is 2.01. The molecular weight excluding hydrogens is 336 g/mol. The number of nitrogens with zero attached hydrogens (tertiary/aromatic N) is 3. The van der Waals surface area contributed by atoms with Gasteiger partial charge in [0, 0.05) is 5.39 Å². The minimum atomic E-state index is -0.587. The fourth-order valence-corrected chi connectivity index (χ4v) is 2.80. The normalized spacial score (nSPS) is 11.1. The zero-order chi connectivity index (χ0) is 18.3. The van der Waals surface area contributed by atoms with E-state index in [1.165, 1.54) is 0 Å². The van der Waals surface area contributed by atoms with E-state index in [1.807, 2.05) is 0 Å². The van der Waals surface area contributed by atoms with E-state index in [0.29, 0.717) is 22.2 Å². The van der Waals surface area contributed by atoms with Crippen LogP contribution in [-0.2, 0) is 4.74 Å². The summed E-state index contributed by atoms with van der Waals surface area (Å²) in [4.78, 5) is 39.3. The van der Waals surface area contributed by atoms with E-state index in [2.05, 4.69) is 10.1 Å². The predicted octanol–water partition coefficient (Wildman–Crippen LogP) is 1.50. The minimum Gasteiger partial charge on any atom is -0.462 e. The van der Waals surface area contributed by atoms with Crippen molar-refractivity contribution in [2.24, 2.45) is 0 Å². The lowest BCUT2D eigenvalue weighted by Gasteiger charge is -2.03. The number of para-hydroxylation sites is 1. The topological polar surface area (TPSA) is 98.5 Å². The number of carbonyl (C=O) groups excluding carboxylic acids is 1. The maximum Gasteiger partial charge on any atom is 0.359 e. The third kappa shape index (κ3) is 2.39. The van der Waals surface area contributed by atoms with Gasteiger partial charge in [-0.15, -0.1) is 5.10 Å². The van der Waals surface area contributed by atoms with Crippen LogP contribution in [0.25, 0.3) is 22.2 Å². The molecule has 0 bridgehead atoms. The average Bonchev–Trinajstić information content (AvgIpc) is 3.00. The van der Waals surface area contributed by atoms with Crippen LogP contribution in [0.2, 0.25) is 0 Å². The lowest BCUT2D eigenvalue weighted by Crippen LogP contribution is -2.29. The summed E-state index contributed by atoms with van der Waals surface area (Å²) < 4.78 is 7.06. The Balaban J connectivity index is 1.90. The van der Waals surface area contributed by atoms with Crippen LogP contribution >= 0.6 is 0 Å². The van der Waals surface area contributed by atoms with Crippen molar-refractivity contribution in [3.8, 4) is 5.69 Å². The number of benzene rings is 2. The fourth-order valence-electron chi connectivity index (χ4n) is 2.80. The van der Waals surface area contributed by atoms with Crippen molar-refractivity contribution in [2.45, 2.75) is 6.92 Å². The number of H-pyrrole nitrogens is 1. The van der Waals surface area contributed by atoms with Gasteiger partial charge in [0.05, 0.1) is 23.4 Å². The molecule has 0 radical (unpaired) electrons. The van der Waals surface area contributed by atoms with Crippen LogP contribution in [0.1, 0.15) is 17.3 Å². The van der Waals surface area contributed by atoms with Crippen molar-refractivity contribution in [3.05, 3.63) is 75.1 Å². The van der Waals surface area contributed by atoms with Gasteiger partial charge < -0.3 is 9.72 Å². The maximum atomic E-state index is 12.7. The molecule has 0 unspecified atom stereocenters. The Morgan fingerprint density at radius 2 is 1.85 bits per heavy atom. The number of hydrogen-bond acceptors (Lipinski definition) is 5. The van der Waals surface area contributed by atoms with Crippen molar-refractivity contribution < 1.29 is 9.53 Å². The molecule has 4 aromatic rings. The molecule has 0 atom stereocenters. The van der Waals surface area contributed by atoms with Crippen LogP contribution in [0, 0.1) is 0 Å². The van der Waals surface area contributed by atoms with Crippen LogP contribution < -0.4 is 11.4 Å². The maximum absolute atomic E-state index is 12.7. The Hall–Kier alpha value is -3.68. The number of fused-ring (bicyclic) bond motifs is 3. The molecule has 0 spiro atoms. The average molecular weight is 350 g/mol. The first-order chi connectivity index (χ1) is 12.6. The van der Waals surface area contributed by atoms with Gasteiger partial charge in [0.2, 0.25) is 0 Å². The van der Waals surface area contributed by atoms with Crippen LogP contribution in [0.15, 0.2) is 58.1 Å². The highest BCUT2D eigenvalue weighted by Gasteiger charge is 2.15. The molecule has 1 N–H and O–H groups in total. The third-order valence-corrected chi connectivity index (χ3v) is 4.01. The first-order valence-electron chi connectivity index (χ1n) is 8.00. The van der Waals surface area contributed by atoms with Gasteiger partial charge in [-0.25, -0.2) is 14.4 Å². The first-order valence-corrected chi connectivity index (χ1v) is 8.00. The number of hydrogen-bond donors (Lipinski definition) is 1. The van der Waals surface area contributed by atoms with Crippen LogP contribution in [0.5, 0.6) is 0 Å². The number of aromatic amines is 1. The van der Waals surface area contributed by atoms with Crippen LogP contribution in [-0.4, -0.2) is 31.7 Å². The molecule has 0 aliphatic carbocycles. The molecule has 0 aliphatic heterocycles. The molecule has 4 rings (SSSR count). The molecule has 0 saturated heterocycles. The van der Waals surface area contributed by atoms with Gasteiger partial charge in [-0.1, -0.05) is 12.1 Å². The van der Waals surface area contributed by atoms with Crippen LogP contribution in [0.4, 0.5) is 0 Å². The van der Waals surface area contributed by atoms with E-state index in [0.717, 1.165) is 9.08 Å². The number of nitrogens with one attached hydrogen (secondary N) is 1. The summed E-state index contributed by atoms with van der Waals surface area (Å²) in [5.74, 6) is -0.441.